The number of rotatable bonds is 2. The Morgan fingerprint density at radius 1 is 1.06 bits per heavy atom. The Kier molecular flexibility index (Phi) is 2.85. The maximum absolute atomic E-state index is 4.35. The molecule has 0 aliphatic carbocycles. The number of benzene rings is 1. The normalized spacial score (nSPS) is 10.5. The molecule has 0 saturated heterocycles. The molecule has 6 heteroatoms. The molecule has 1 aromatic carbocycles. The summed E-state index contributed by atoms with van der Waals surface area (Å²) < 4.78 is 0.821. The van der Waals surface area contributed by atoms with Gasteiger partial charge in [0.1, 0.15) is 5.69 Å². The summed E-state index contributed by atoms with van der Waals surface area (Å²) >= 11 is 3.41. The molecule has 0 amide bonds. The molecule has 3 rings (SSSR count). The van der Waals surface area contributed by atoms with Gasteiger partial charge in [-0.25, -0.2) is 0 Å². The number of pyridine rings is 1. The number of tetrazole rings is 1. The third-order valence-corrected chi connectivity index (χ3v) is 3.02. The van der Waals surface area contributed by atoms with Crippen LogP contribution in [0.3, 0.4) is 0 Å². The van der Waals surface area contributed by atoms with Crippen molar-refractivity contribution in [2.24, 2.45) is 0 Å². The van der Waals surface area contributed by atoms with Crippen LogP contribution >= 0.6 is 15.9 Å². The fraction of sp³-hybridized carbons (Fsp3) is 0. The van der Waals surface area contributed by atoms with Gasteiger partial charge in [0.25, 0.3) is 0 Å². The predicted octanol–water partition coefficient (Wildman–Crippen LogP) is 2.49. The van der Waals surface area contributed by atoms with Crippen molar-refractivity contribution in [3.63, 3.8) is 0 Å². The van der Waals surface area contributed by atoms with Crippen molar-refractivity contribution in [1.29, 1.82) is 0 Å². The zero-order chi connectivity index (χ0) is 12.4. The van der Waals surface area contributed by atoms with Gasteiger partial charge in [-0.15, -0.1) is 15.0 Å². The fourth-order valence-electron chi connectivity index (χ4n) is 1.55. The maximum atomic E-state index is 4.35. The molecule has 0 radical (unpaired) electrons. The number of nitrogens with zero attached hydrogens (tertiary/aromatic N) is 5. The van der Waals surface area contributed by atoms with Gasteiger partial charge >= 0.3 is 0 Å². The quantitative estimate of drug-likeness (QED) is 0.730. The predicted molar refractivity (Wildman–Crippen MR) is 70.1 cm³/mol. The summed E-state index contributed by atoms with van der Waals surface area (Å²) in [4.78, 5) is 5.48. The summed E-state index contributed by atoms with van der Waals surface area (Å²) in [7, 11) is 0. The van der Waals surface area contributed by atoms with Gasteiger partial charge in [0.15, 0.2) is 0 Å². The number of halogens is 1. The standard InChI is InChI=1S/C12H8BrN5/c13-10-8-14-7-6-11(10)18-16-12(15-17-18)9-4-2-1-3-5-9/h1-8H. The fourth-order valence-corrected chi connectivity index (χ4v) is 1.96. The van der Waals surface area contributed by atoms with E-state index in [1.807, 2.05) is 36.4 Å². The van der Waals surface area contributed by atoms with Crippen LogP contribution in [0.25, 0.3) is 17.1 Å². The second-order valence-corrected chi connectivity index (χ2v) is 4.45. The van der Waals surface area contributed by atoms with Crippen LogP contribution in [0.15, 0.2) is 53.3 Å². The lowest BCUT2D eigenvalue weighted by Crippen LogP contribution is -2.00. The van der Waals surface area contributed by atoms with Crippen LogP contribution in [0, 0.1) is 0 Å². The molecule has 88 valence electrons. The molecule has 3 aromatic rings. The Balaban J connectivity index is 2.03. The van der Waals surface area contributed by atoms with Gasteiger partial charge < -0.3 is 0 Å². The van der Waals surface area contributed by atoms with E-state index in [9.17, 15) is 0 Å². The molecule has 0 N–H and O–H groups in total. The monoisotopic (exact) mass is 301 g/mol. The molecule has 0 spiro atoms. The maximum Gasteiger partial charge on any atom is 0.205 e. The summed E-state index contributed by atoms with van der Waals surface area (Å²) in [6.45, 7) is 0. The van der Waals surface area contributed by atoms with Gasteiger partial charge in [0.05, 0.1) is 4.47 Å². The van der Waals surface area contributed by atoms with Crippen molar-refractivity contribution in [1.82, 2.24) is 25.2 Å². The molecule has 0 bridgehead atoms. The van der Waals surface area contributed by atoms with Gasteiger partial charge in [0, 0.05) is 18.0 Å². The highest BCUT2D eigenvalue weighted by molar-refractivity contribution is 9.10. The zero-order valence-corrected chi connectivity index (χ0v) is 10.8. The molecule has 0 unspecified atom stereocenters. The molecule has 0 fully saturated rings. The zero-order valence-electron chi connectivity index (χ0n) is 9.23. The minimum Gasteiger partial charge on any atom is -0.263 e. The van der Waals surface area contributed by atoms with Crippen LogP contribution in [0.2, 0.25) is 0 Å². The third-order valence-electron chi connectivity index (χ3n) is 2.41. The highest BCUT2D eigenvalue weighted by Crippen LogP contribution is 2.19. The largest absolute Gasteiger partial charge is 0.263 e. The van der Waals surface area contributed by atoms with E-state index in [0.29, 0.717) is 5.82 Å². The van der Waals surface area contributed by atoms with Crippen molar-refractivity contribution in [3.8, 4) is 17.1 Å². The lowest BCUT2D eigenvalue weighted by atomic mass is 10.2. The Labute approximate surface area is 112 Å². The number of aromatic nitrogens is 5. The van der Waals surface area contributed by atoms with Crippen LogP contribution < -0.4 is 0 Å². The first-order valence-electron chi connectivity index (χ1n) is 5.30. The molecule has 18 heavy (non-hydrogen) atoms. The van der Waals surface area contributed by atoms with Gasteiger partial charge in [-0.2, -0.15) is 0 Å². The molecule has 2 heterocycles. The Bertz CT molecular complexity index is 665. The van der Waals surface area contributed by atoms with E-state index in [4.69, 9.17) is 0 Å². The third kappa shape index (κ3) is 2.02. The van der Waals surface area contributed by atoms with Crippen molar-refractivity contribution in [2.45, 2.75) is 0 Å². The highest BCUT2D eigenvalue weighted by Gasteiger charge is 2.08. The van der Waals surface area contributed by atoms with Crippen LogP contribution in [-0.4, -0.2) is 25.2 Å². The summed E-state index contributed by atoms with van der Waals surface area (Å²) in [6, 6.07) is 11.6. The molecule has 0 atom stereocenters. The summed E-state index contributed by atoms with van der Waals surface area (Å²) in [5, 5.41) is 12.4. The average Bonchev–Trinajstić information content (AvgIpc) is 2.90. The SMILES string of the molecule is Brc1cnccc1-n1nnc(-c2ccccc2)n1. The lowest BCUT2D eigenvalue weighted by molar-refractivity contribution is 0.716. The van der Waals surface area contributed by atoms with Crippen LogP contribution in [0.1, 0.15) is 0 Å². The van der Waals surface area contributed by atoms with Crippen molar-refractivity contribution >= 4 is 15.9 Å². The second-order valence-electron chi connectivity index (χ2n) is 3.60. The van der Waals surface area contributed by atoms with Gasteiger partial charge in [0.2, 0.25) is 5.82 Å². The highest BCUT2D eigenvalue weighted by atomic mass is 79.9. The summed E-state index contributed by atoms with van der Waals surface area (Å²) in [5.74, 6) is 0.597. The van der Waals surface area contributed by atoms with Crippen molar-refractivity contribution in [2.75, 3.05) is 0 Å². The van der Waals surface area contributed by atoms with Gasteiger partial charge in [-0.3, -0.25) is 4.98 Å². The first-order valence-corrected chi connectivity index (χ1v) is 6.09. The molecule has 0 aliphatic rings. The van der Waals surface area contributed by atoms with Crippen molar-refractivity contribution in [3.05, 3.63) is 53.3 Å². The first kappa shape index (κ1) is 11.0. The Morgan fingerprint density at radius 2 is 1.89 bits per heavy atom. The minimum absolute atomic E-state index is 0.597. The topological polar surface area (TPSA) is 56.5 Å². The van der Waals surface area contributed by atoms with E-state index in [-0.39, 0.29) is 0 Å². The van der Waals surface area contributed by atoms with Crippen LogP contribution in [0.4, 0.5) is 0 Å². The summed E-state index contributed by atoms with van der Waals surface area (Å²) in [6.07, 6.45) is 3.38. The molecule has 5 nitrogen and oxygen atoms in total. The van der Waals surface area contributed by atoms with E-state index in [1.54, 1.807) is 12.4 Å². The van der Waals surface area contributed by atoms with E-state index >= 15 is 0 Å². The smallest absolute Gasteiger partial charge is 0.205 e. The first-order chi connectivity index (χ1) is 8.84. The van der Waals surface area contributed by atoms with Crippen molar-refractivity contribution < 1.29 is 0 Å². The average molecular weight is 302 g/mol. The second kappa shape index (κ2) is 4.66. The molecular weight excluding hydrogens is 294 g/mol. The molecular formula is C12H8BrN5. The van der Waals surface area contributed by atoms with E-state index in [2.05, 4.69) is 36.3 Å². The van der Waals surface area contributed by atoms with Gasteiger partial charge in [-0.05, 0) is 27.2 Å². The van der Waals surface area contributed by atoms with Crippen LogP contribution in [-0.2, 0) is 0 Å². The summed E-state index contributed by atoms with van der Waals surface area (Å²) in [5.41, 5.74) is 1.74. The van der Waals surface area contributed by atoms with E-state index in [1.165, 1.54) is 4.80 Å². The minimum atomic E-state index is 0.597. The van der Waals surface area contributed by atoms with E-state index < -0.39 is 0 Å². The molecule has 0 saturated carbocycles. The number of hydrogen-bond donors (Lipinski definition) is 0. The van der Waals surface area contributed by atoms with Gasteiger partial charge in [-0.1, -0.05) is 30.3 Å². The Hall–Kier alpha value is -2.08. The Morgan fingerprint density at radius 3 is 2.67 bits per heavy atom. The molecule has 0 aliphatic heterocycles. The lowest BCUT2D eigenvalue weighted by Gasteiger charge is -1.99. The van der Waals surface area contributed by atoms with Crippen LogP contribution in [0.5, 0.6) is 0 Å². The van der Waals surface area contributed by atoms with E-state index in [0.717, 1.165) is 15.7 Å². The molecule has 2 aromatic heterocycles. The number of hydrogen-bond acceptors (Lipinski definition) is 4.